The third-order valence-electron chi connectivity index (χ3n) is 3.18. The molecule has 18 heavy (non-hydrogen) atoms. The number of benzene rings is 1. The molecule has 5 heteroatoms. The fraction of sp³-hybridized carbons (Fsp3) is 0.538. The van der Waals surface area contributed by atoms with E-state index < -0.39 is 10.0 Å². The molecule has 102 valence electrons. The van der Waals surface area contributed by atoms with E-state index in [1.165, 1.54) is 6.07 Å². The summed E-state index contributed by atoms with van der Waals surface area (Å²) in [5, 5.41) is 8.58. The second-order valence-corrected chi connectivity index (χ2v) is 6.41. The maximum absolute atomic E-state index is 11.4. The second-order valence-electron chi connectivity index (χ2n) is 4.88. The number of primary sulfonamides is 1. The van der Waals surface area contributed by atoms with Crippen LogP contribution in [0.5, 0.6) is 0 Å². The monoisotopic (exact) mass is 270 g/mol. The van der Waals surface area contributed by atoms with E-state index >= 15 is 0 Å². The van der Waals surface area contributed by atoms with Gasteiger partial charge < -0.3 is 5.32 Å². The Morgan fingerprint density at radius 3 is 2.39 bits per heavy atom. The van der Waals surface area contributed by atoms with E-state index in [4.69, 9.17) is 5.14 Å². The molecule has 0 saturated heterocycles. The number of anilines is 1. The van der Waals surface area contributed by atoms with E-state index in [1.807, 2.05) is 6.07 Å². The number of rotatable bonds is 5. The minimum absolute atomic E-state index is 0.186. The first-order valence-electron chi connectivity index (χ1n) is 6.16. The first-order valence-corrected chi connectivity index (χ1v) is 7.71. The molecule has 0 aliphatic heterocycles. The predicted octanol–water partition coefficient (Wildman–Crippen LogP) is 2.49. The third-order valence-corrected chi connectivity index (χ3v) is 4.23. The van der Waals surface area contributed by atoms with Crippen LogP contribution in [0.25, 0.3) is 0 Å². The third kappa shape index (κ3) is 3.46. The van der Waals surface area contributed by atoms with Gasteiger partial charge in [-0.25, -0.2) is 13.6 Å². The first kappa shape index (κ1) is 15.0. The molecule has 1 unspecified atom stereocenters. The second kappa shape index (κ2) is 5.71. The molecule has 0 aliphatic rings. The Morgan fingerprint density at radius 2 is 1.94 bits per heavy atom. The summed E-state index contributed by atoms with van der Waals surface area (Å²) < 4.78 is 22.9. The van der Waals surface area contributed by atoms with Gasteiger partial charge in [0.2, 0.25) is 10.0 Å². The molecule has 0 heterocycles. The first-order chi connectivity index (χ1) is 8.27. The van der Waals surface area contributed by atoms with Gasteiger partial charge in [-0.15, -0.1) is 0 Å². The van der Waals surface area contributed by atoms with Crippen molar-refractivity contribution in [1.82, 2.24) is 0 Å². The van der Waals surface area contributed by atoms with Crippen LogP contribution in [-0.2, 0) is 10.0 Å². The highest BCUT2D eigenvalue weighted by molar-refractivity contribution is 7.89. The number of hydrogen-bond donors (Lipinski definition) is 2. The number of nitrogens with two attached hydrogens (primary N) is 1. The summed E-state index contributed by atoms with van der Waals surface area (Å²) >= 11 is 0. The van der Waals surface area contributed by atoms with Crippen molar-refractivity contribution in [2.75, 3.05) is 5.32 Å². The molecule has 0 aliphatic carbocycles. The lowest BCUT2D eigenvalue weighted by Crippen LogP contribution is -2.25. The molecule has 1 atom stereocenters. The molecule has 0 radical (unpaired) electrons. The molecule has 0 spiro atoms. The quantitative estimate of drug-likeness (QED) is 0.863. The zero-order valence-electron chi connectivity index (χ0n) is 11.4. The summed E-state index contributed by atoms with van der Waals surface area (Å²) in [6, 6.07) is 5.45. The SMILES string of the molecule is CCC(Nc1cccc(S(N)(=O)=O)c1C)C(C)C. The summed E-state index contributed by atoms with van der Waals surface area (Å²) in [5.74, 6) is 0.479. The van der Waals surface area contributed by atoms with Gasteiger partial charge in [-0.05, 0) is 37.0 Å². The molecule has 0 saturated carbocycles. The van der Waals surface area contributed by atoms with Gasteiger partial charge in [0, 0.05) is 11.7 Å². The highest BCUT2D eigenvalue weighted by atomic mass is 32.2. The van der Waals surface area contributed by atoms with Crippen molar-refractivity contribution < 1.29 is 8.42 Å². The van der Waals surface area contributed by atoms with Gasteiger partial charge in [-0.2, -0.15) is 0 Å². The molecule has 0 bridgehead atoms. The summed E-state index contributed by atoms with van der Waals surface area (Å²) in [4.78, 5) is 0.186. The summed E-state index contributed by atoms with van der Waals surface area (Å²) in [7, 11) is -3.66. The van der Waals surface area contributed by atoms with Crippen molar-refractivity contribution in [3.8, 4) is 0 Å². The Bertz CT molecular complexity index is 510. The topological polar surface area (TPSA) is 72.2 Å². The van der Waals surface area contributed by atoms with Gasteiger partial charge in [0.25, 0.3) is 0 Å². The Balaban J connectivity index is 3.12. The lowest BCUT2D eigenvalue weighted by atomic mass is 10.0. The standard InChI is InChI=1S/C13H22N2O2S/c1-5-11(9(2)3)15-12-7-6-8-13(10(12)4)18(14,16)17/h6-9,11,15H,5H2,1-4H3,(H2,14,16,17). The fourth-order valence-corrected chi connectivity index (χ4v) is 2.82. The highest BCUT2D eigenvalue weighted by Gasteiger charge is 2.16. The van der Waals surface area contributed by atoms with Gasteiger partial charge in [-0.1, -0.05) is 26.8 Å². The van der Waals surface area contributed by atoms with Crippen molar-refractivity contribution in [1.29, 1.82) is 0 Å². The van der Waals surface area contributed by atoms with E-state index in [0.29, 0.717) is 17.5 Å². The largest absolute Gasteiger partial charge is 0.382 e. The van der Waals surface area contributed by atoms with E-state index in [1.54, 1.807) is 13.0 Å². The van der Waals surface area contributed by atoms with Crippen LogP contribution in [0.4, 0.5) is 5.69 Å². The van der Waals surface area contributed by atoms with Crippen LogP contribution >= 0.6 is 0 Å². The number of nitrogens with one attached hydrogen (secondary N) is 1. The molecule has 1 aromatic carbocycles. The molecule has 1 aromatic rings. The minimum atomic E-state index is -3.66. The summed E-state index contributed by atoms with van der Waals surface area (Å²) in [6.07, 6.45) is 0.983. The van der Waals surface area contributed by atoms with Crippen LogP contribution in [0.1, 0.15) is 32.8 Å². The van der Waals surface area contributed by atoms with E-state index in [2.05, 4.69) is 26.1 Å². The highest BCUT2D eigenvalue weighted by Crippen LogP contribution is 2.24. The lowest BCUT2D eigenvalue weighted by molar-refractivity contribution is 0.511. The van der Waals surface area contributed by atoms with Crippen LogP contribution in [0.3, 0.4) is 0 Å². The normalized spacial score (nSPS) is 13.7. The van der Waals surface area contributed by atoms with Gasteiger partial charge in [0.15, 0.2) is 0 Å². The molecular formula is C13H22N2O2S. The maximum Gasteiger partial charge on any atom is 0.238 e. The van der Waals surface area contributed by atoms with Crippen LogP contribution in [0, 0.1) is 12.8 Å². The van der Waals surface area contributed by atoms with Gasteiger partial charge in [0.1, 0.15) is 0 Å². The molecule has 0 fully saturated rings. The average molecular weight is 270 g/mol. The van der Waals surface area contributed by atoms with Crippen LogP contribution in [-0.4, -0.2) is 14.5 Å². The van der Waals surface area contributed by atoms with Crippen molar-refractivity contribution in [3.05, 3.63) is 23.8 Å². The molecule has 3 N–H and O–H groups in total. The fourth-order valence-electron chi connectivity index (χ4n) is 2.02. The van der Waals surface area contributed by atoms with Crippen molar-refractivity contribution in [2.24, 2.45) is 11.1 Å². The summed E-state index contributed by atoms with van der Waals surface area (Å²) in [6.45, 7) is 8.16. The predicted molar refractivity (Wildman–Crippen MR) is 75.1 cm³/mol. The number of hydrogen-bond acceptors (Lipinski definition) is 3. The van der Waals surface area contributed by atoms with Crippen molar-refractivity contribution in [2.45, 2.75) is 45.1 Å². The van der Waals surface area contributed by atoms with Crippen LogP contribution in [0.2, 0.25) is 0 Å². The molecule has 0 amide bonds. The molecular weight excluding hydrogens is 248 g/mol. The average Bonchev–Trinajstić information content (AvgIpc) is 2.25. The zero-order chi connectivity index (χ0) is 13.9. The smallest absolute Gasteiger partial charge is 0.238 e. The van der Waals surface area contributed by atoms with Crippen molar-refractivity contribution >= 4 is 15.7 Å². The van der Waals surface area contributed by atoms with E-state index in [-0.39, 0.29) is 4.90 Å². The number of sulfonamides is 1. The Kier molecular flexibility index (Phi) is 4.76. The molecule has 1 rings (SSSR count). The Labute approximate surface area is 110 Å². The van der Waals surface area contributed by atoms with Gasteiger partial charge in [-0.3, -0.25) is 0 Å². The van der Waals surface area contributed by atoms with E-state index in [0.717, 1.165) is 12.1 Å². The molecule has 0 aromatic heterocycles. The lowest BCUT2D eigenvalue weighted by Gasteiger charge is -2.23. The van der Waals surface area contributed by atoms with Crippen LogP contribution in [0.15, 0.2) is 23.1 Å². The minimum Gasteiger partial charge on any atom is -0.382 e. The van der Waals surface area contributed by atoms with Gasteiger partial charge >= 0.3 is 0 Å². The summed E-state index contributed by atoms with van der Waals surface area (Å²) in [5.41, 5.74) is 1.51. The Morgan fingerprint density at radius 1 is 1.33 bits per heavy atom. The Hall–Kier alpha value is -1.07. The maximum atomic E-state index is 11.4. The van der Waals surface area contributed by atoms with E-state index in [9.17, 15) is 8.42 Å². The van der Waals surface area contributed by atoms with Crippen LogP contribution < -0.4 is 10.5 Å². The van der Waals surface area contributed by atoms with Gasteiger partial charge in [0.05, 0.1) is 4.90 Å². The molecule has 4 nitrogen and oxygen atoms in total. The van der Waals surface area contributed by atoms with Crippen molar-refractivity contribution in [3.63, 3.8) is 0 Å². The zero-order valence-corrected chi connectivity index (χ0v) is 12.2.